The second kappa shape index (κ2) is 4.30. The van der Waals surface area contributed by atoms with Gasteiger partial charge >= 0.3 is 0 Å². The first-order valence-electron chi connectivity index (χ1n) is 7.70. The van der Waals surface area contributed by atoms with Gasteiger partial charge in [-0.25, -0.2) is 4.39 Å². The third-order valence-corrected chi connectivity index (χ3v) is 6.61. The Bertz CT molecular complexity index is 542. The van der Waals surface area contributed by atoms with E-state index < -0.39 is 0 Å². The second-order valence-electron chi connectivity index (χ2n) is 7.57. The molecule has 5 rings (SSSR count). The lowest BCUT2D eigenvalue weighted by atomic mass is 9.43. The number of hydrogen-bond acceptors (Lipinski definition) is 1. The SMILES string of the molecule is NCC12CC3CC(C1)CC(c1cc(Br)ccc1F)(C3)C2. The Morgan fingerprint density at radius 3 is 2.55 bits per heavy atom. The molecule has 1 nitrogen and oxygen atoms in total. The highest BCUT2D eigenvalue weighted by Crippen LogP contribution is 2.65. The van der Waals surface area contributed by atoms with Crippen LogP contribution < -0.4 is 5.73 Å². The Kier molecular flexibility index (Phi) is 2.85. The van der Waals surface area contributed by atoms with Crippen molar-refractivity contribution < 1.29 is 4.39 Å². The summed E-state index contributed by atoms with van der Waals surface area (Å²) in [5.74, 6) is 1.50. The zero-order valence-electron chi connectivity index (χ0n) is 11.7. The van der Waals surface area contributed by atoms with Crippen molar-refractivity contribution in [3.63, 3.8) is 0 Å². The fourth-order valence-corrected chi connectivity index (χ4v) is 6.27. The third-order valence-electron chi connectivity index (χ3n) is 6.12. The minimum absolute atomic E-state index is 0.0256. The quantitative estimate of drug-likeness (QED) is 0.851. The Balaban J connectivity index is 1.82. The minimum atomic E-state index is -0.0256. The molecule has 0 aromatic heterocycles. The van der Waals surface area contributed by atoms with Crippen LogP contribution in [0.25, 0.3) is 0 Å². The molecule has 4 fully saturated rings. The summed E-state index contributed by atoms with van der Waals surface area (Å²) in [5, 5.41) is 0. The Morgan fingerprint density at radius 1 is 1.20 bits per heavy atom. The smallest absolute Gasteiger partial charge is 0.127 e. The average molecular weight is 338 g/mol. The van der Waals surface area contributed by atoms with Gasteiger partial charge in [-0.2, -0.15) is 0 Å². The van der Waals surface area contributed by atoms with Gasteiger partial charge in [0.05, 0.1) is 0 Å². The summed E-state index contributed by atoms with van der Waals surface area (Å²) in [6.45, 7) is 0.775. The Hall–Kier alpha value is -0.410. The van der Waals surface area contributed by atoms with Crippen LogP contribution in [0.1, 0.15) is 44.1 Å². The molecule has 4 saturated carbocycles. The van der Waals surface area contributed by atoms with Gasteiger partial charge in [0.2, 0.25) is 0 Å². The molecule has 4 aliphatic carbocycles. The Labute approximate surface area is 128 Å². The van der Waals surface area contributed by atoms with E-state index in [9.17, 15) is 4.39 Å². The van der Waals surface area contributed by atoms with Gasteiger partial charge < -0.3 is 5.73 Å². The van der Waals surface area contributed by atoms with Gasteiger partial charge in [-0.05, 0) is 91.5 Å². The molecule has 0 saturated heterocycles. The minimum Gasteiger partial charge on any atom is -0.330 e. The highest BCUT2D eigenvalue weighted by molar-refractivity contribution is 9.10. The molecular weight excluding hydrogens is 317 g/mol. The summed E-state index contributed by atoms with van der Waals surface area (Å²) in [6, 6.07) is 5.44. The van der Waals surface area contributed by atoms with Crippen molar-refractivity contribution in [1.82, 2.24) is 0 Å². The van der Waals surface area contributed by atoms with Crippen molar-refractivity contribution >= 4 is 15.9 Å². The first-order chi connectivity index (χ1) is 9.54. The van der Waals surface area contributed by atoms with Crippen LogP contribution in [0.15, 0.2) is 22.7 Å². The molecule has 0 heterocycles. The van der Waals surface area contributed by atoms with E-state index in [0.717, 1.165) is 34.8 Å². The monoisotopic (exact) mass is 337 g/mol. The van der Waals surface area contributed by atoms with Crippen molar-refractivity contribution in [1.29, 1.82) is 0 Å². The van der Waals surface area contributed by atoms with E-state index >= 15 is 0 Å². The molecule has 2 unspecified atom stereocenters. The summed E-state index contributed by atoms with van der Waals surface area (Å²) >= 11 is 3.51. The summed E-state index contributed by atoms with van der Waals surface area (Å²) in [5.41, 5.74) is 7.42. The van der Waals surface area contributed by atoms with Gasteiger partial charge in [0.25, 0.3) is 0 Å². The normalized spacial score (nSPS) is 42.1. The maximum atomic E-state index is 14.5. The molecule has 2 N–H and O–H groups in total. The third kappa shape index (κ3) is 1.82. The van der Waals surface area contributed by atoms with E-state index in [0.29, 0.717) is 5.41 Å². The maximum absolute atomic E-state index is 14.5. The fourth-order valence-electron chi connectivity index (χ4n) is 5.91. The lowest BCUT2D eigenvalue weighted by Gasteiger charge is -2.62. The number of nitrogens with two attached hydrogens (primary N) is 1. The van der Waals surface area contributed by atoms with Crippen LogP contribution in [0.4, 0.5) is 4.39 Å². The molecular formula is C17H21BrFN. The standard InChI is InChI=1S/C17H21BrFN/c18-13-1-2-15(19)14(4-13)17-7-11-3-12(8-17)6-16(5-11,9-17)10-20/h1-2,4,11-12H,3,5-10,20H2. The van der Waals surface area contributed by atoms with E-state index in [2.05, 4.69) is 15.9 Å². The predicted octanol–water partition coefficient (Wildman–Crippen LogP) is 4.38. The topological polar surface area (TPSA) is 26.0 Å². The van der Waals surface area contributed by atoms with Crippen LogP contribution in [-0.4, -0.2) is 6.54 Å². The van der Waals surface area contributed by atoms with E-state index in [1.807, 2.05) is 6.07 Å². The summed E-state index contributed by atoms with van der Waals surface area (Å²) in [6.07, 6.45) is 7.32. The molecule has 0 radical (unpaired) electrons. The van der Waals surface area contributed by atoms with Gasteiger partial charge in [0.1, 0.15) is 5.82 Å². The van der Waals surface area contributed by atoms with Gasteiger partial charge in [-0.3, -0.25) is 0 Å². The average Bonchev–Trinajstić information content (AvgIpc) is 2.40. The Morgan fingerprint density at radius 2 is 1.90 bits per heavy atom. The van der Waals surface area contributed by atoms with Crippen molar-refractivity contribution in [2.24, 2.45) is 23.0 Å². The van der Waals surface area contributed by atoms with Crippen molar-refractivity contribution in [3.8, 4) is 0 Å². The number of benzene rings is 1. The zero-order valence-corrected chi connectivity index (χ0v) is 13.3. The van der Waals surface area contributed by atoms with Crippen molar-refractivity contribution in [2.75, 3.05) is 6.54 Å². The second-order valence-corrected chi connectivity index (χ2v) is 8.49. The number of hydrogen-bond donors (Lipinski definition) is 1. The van der Waals surface area contributed by atoms with Crippen molar-refractivity contribution in [2.45, 2.75) is 43.9 Å². The molecule has 0 aliphatic heterocycles. The zero-order chi connectivity index (χ0) is 14.0. The molecule has 0 amide bonds. The summed E-state index contributed by atoms with van der Waals surface area (Å²) in [4.78, 5) is 0. The van der Waals surface area contributed by atoms with Gasteiger partial charge in [-0.15, -0.1) is 0 Å². The molecule has 4 aliphatic rings. The van der Waals surface area contributed by atoms with E-state index in [1.54, 1.807) is 12.1 Å². The first-order valence-corrected chi connectivity index (χ1v) is 8.49. The van der Waals surface area contributed by atoms with Crippen LogP contribution in [0.2, 0.25) is 0 Å². The van der Waals surface area contributed by atoms with Gasteiger partial charge in [-0.1, -0.05) is 15.9 Å². The van der Waals surface area contributed by atoms with E-state index in [-0.39, 0.29) is 11.2 Å². The maximum Gasteiger partial charge on any atom is 0.127 e. The highest BCUT2D eigenvalue weighted by atomic mass is 79.9. The molecule has 1 aromatic rings. The van der Waals surface area contributed by atoms with E-state index in [4.69, 9.17) is 5.73 Å². The van der Waals surface area contributed by atoms with Crippen LogP contribution in [0.5, 0.6) is 0 Å². The molecule has 0 spiro atoms. The summed E-state index contributed by atoms with van der Waals surface area (Å²) in [7, 11) is 0. The molecule has 4 bridgehead atoms. The predicted molar refractivity (Wildman–Crippen MR) is 81.9 cm³/mol. The van der Waals surface area contributed by atoms with Crippen molar-refractivity contribution in [3.05, 3.63) is 34.1 Å². The molecule has 108 valence electrons. The summed E-state index contributed by atoms with van der Waals surface area (Å²) < 4.78 is 15.4. The lowest BCUT2D eigenvalue weighted by Crippen LogP contribution is -2.56. The van der Waals surface area contributed by atoms with Gasteiger partial charge in [0, 0.05) is 4.47 Å². The molecule has 3 heteroatoms. The number of rotatable bonds is 2. The lowest BCUT2D eigenvalue weighted by molar-refractivity contribution is -0.0678. The van der Waals surface area contributed by atoms with Crippen LogP contribution in [0, 0.1) is 23.1 Å². The fraction of sp³-hybridized carbons (Fsp3) is 0.647. The van der Waals surface area contributed by atoms with Crippen LogP contribution >= 0.6 is 15.9 Å². The van der Waals surface area contributed by atoms with Crippen LogP contribution in [-0.2, 0) is 5.41 Å². The largest absolute Gasteiger partial charge is 0.330 e. The van der Waals surface area contributed by atoms with Crippen LogP contribution in [0.3, 0.4) is 0 Å². The van der Waals surface area contributed by atoms with E-state index in [1.165, 1.54) is 32.1 Å². The molecule has 20 heavy (non-hydrogen) atoms. The first kappa shape index (κ1) is 13.3. The van der Waals surface area contributed by atoms with Gasteiger partial charge in [0.15, 0.2) is 0 Å². The molecule has 2 atom stereocenters. The highest BCUT2D eigenvalue weighted by Gasteiger charge is 2.58. The number of halogens is 2. The molecule has 1 aromatic carbocycles.